The maximum absolute atomic E-state index is 12.1. The molecule has 0 saturated heterocycles. The van der Waals surface area contributed by atoms with Crippen LogP contribution in [0.5, 0.6) is 0 Å². The third-order valence-electron chi connectivity index (χ3n) is 3.81. The van der Waals surface area contributed by atoms with Crippen LogP contribution in [0.2, 0.25) is 0 Å². The molecule has 6 heteroatoms. The van der Waals surface area contributed by atoms with Crippen LogP contribution < -0.4 is 5.32 Å². The lowest BCUT2D eigenvalue weighted by atomic mass is 9.86. The van der Waals surface area contributed by atoms with E-state index >= 15 is 0 Å². The third-order valence-corrected chi connectivity index (χ3v) is 4.24. The number of aliphatic carboxylic acids is 1. The SMILES string of the molecule is Cn1cc(Br)cc1C(=O)NCC1(C(=O)O)CCCC1. The number of aromatic nitrogens is 1. The zero-order valence-corrected chi connectivity index (χ0v) is 12.4. The van der Waals surface area contributed by atoms with Crippen LogP contribution in [0.4, 0.5) is 0 Å². The average Bonchev–Trinajstić information content (AvgIpc) is 2.94. The van der Waals surface area contributed by atoms with Crippen molar-refractivity contribution in [3.8, 4) is 0 Å². The molecule has 1 aliphatic carbocycles. The number of carbonyl (C=O) groups excluding carboxylic acids is 1. The number of nitrogens with one attached hydrogen (secondary N) is 1. The minimum Gasteiger partial charge on any atom is -0.481 e. The van der Waals surface area contributed by atoms with E-state index in [9.17, 15) is 14.7 Å². The first kappa shape index (κ1) is 14.1. The molecule has 2 rings (SSSR count). The Labute approximate surface area is 120 Å². The van der Waals surface area contributed by atoms with Crippen LogP contribution in [-0.4, -0.2) is 28.1 Å². The lowest BCUT2D eigenvalue weighted by Crippen LogP contribution is -2.41. The molecule has 1 aromatic rings. The number of carboxylic acids is 1. The predicted molar refractivity (Wildman–Crippen MR) is 74.0 cm³/mol. The van der Waals surface area contributed by atoms with E-state index in [0.29, 0.717) is 18.5 Å². The number of carboxylic acid groups (broad SMARTS) is 1. The van der Waals surface area contributed by atoms with Crippen molar-refractivity contribution in [2.75, 3.05) is 6.54 Å². The normalized spacial score (nSPS) is 17.4. The topological polar surface area (TPSA) is 71.3 Å². The first-order valence-corrected chi connectivity index (χ1v) is 7.07. The second kappa shape index (κ2) is 5.36. The van der Waals surface area contributed by atoms with Gasteiger partial charge in [-0.05, 0) is 34.8 Å². The smallest absolute Gasteiger partial charge is 0.311 e. The Morgan fingerprint density at radius 1 is 1.47 bits per heavy atom. The summed E-state index contributed by atoms with van der Waals surface area (Å²) >= 11 is 3.31. The van der Waals surface area contributed by atoms with Crippen molar-refractivity contribution in [2.24, 2.45) is 12.5 Å². The summed E-state index contributed by atoms with van der Waals surface area (Å²) in [6, 6.07) is 1.72. The summed E-state index contributed by atoms with van der Waals surface area (Å²) in [5.41, 5.74) is -0.261. The van der Waals surface area contributed by atoms with Crippen LogP contribution >= 0.6 is 15.9 Å². The summed E-state index contributed by atoms with van der Waals surface area (Å²) in [6.45, 7) is 0.198. The molecular formula is C13H17BrN2O3. The minimum atomic E-state index is -0.807. The molecule has 1 amide bonds. The van der Waals surface area contributed by atoms with Gasteiger partial charge in [0.2, 0.25) is 0 Å². The highest BCUT2D eigenvalue weighted by atomic mass is 79.9. The monoisotopic (exact) mass is 328 g/mol. The third kappa shape index (κ3) is 2.83. The van der Waals surface area contributed by atoms with Crippen LogP contribution in [0.3, 0.4) is 0 Å². The highest BCUT2D eigenvalue weighted by molar-refractivity contribution is 9.10. The van der Waals surface area contributed by atoms with Gasteiger partial charge in [0.1, 0.15) is 5.69 Å². The Morgan fingerprint density at radius 2 is 2.11 bits per heavy atom. The largest absolute Gasteiger partial charge is 0.481 e. The molecule has 1 heterocycles. The van der Waals surface area contributed by atoms with E-state index in [0.717, 1.165) is 17.3 Å². The number of aryl methyl sites for hydroxylation is 1. The van der Waals surface area contributed by atoms with Crippen molar-refractivity contribution in [2.45, 2.75) is 25.7 Å². The van der Waals surface area contributed by atoms with E-state index in [-0.39, 0.29) is 12.5 Å². The number of halogens is 1. The Kier molecular flexibility index (Phi) is 3.99. The summed E-state index contributed by atoms with van der Waals surface area (Å²) in [5, 5.41) is 12.1. The summed E-state index contributed by atoms with van der Waals surface area (Å²) < 4.78 is 2.54. The molecule has 0 aromatic carbocycles. The highest BCUT2D eigenvalue weighted by Gasteiger charge is 2.41. The van der Waals surface area contributed by atoms with E-state index < -0.39 is 11.4 Å². The van der Waals surface area contributed by atoms with Crippen molar-refractivity contribution in [3.05, 3.63) is 22.4 Å². The molecule has 1 saturated carbocycles. The van der Waals surface area contributed by atoms with Crippen LogP contribution in [0.25, 0.3) is 0 Å². The molecule has 2 N–H and O–H groups in total. The van der Waals surface area contributed by atoms with Crippen LogP contribution in [0, 0.1) is 5.41 Å². The van der Waals surface area contributed by atoms with Crippen molar-refractivity contribution in [1.29, 1.82) is 0 Å². The lowest BCUT2D eigenvalue weighted by molar-refractivity contribution is -0.148. The molecule has 19 heavy (non-hydrogen) atoms. The van der Waals surface area contributed by atoms with E-state index in [1.165, 1.54) is 0 Å². The molecule has 0 unspecified atom stereocenters. The second-order valence-electron chi connectivity index (χ2n) is 5.13. The average molecular weight is 329 g/mol. The Balaban J connectivity index is 2.04. The maximum Gasteiger partial charge on any atom is 0.311 e. The van der Waals surface area contributed by atoms with E-state index in [1.807, 2.05) is 0 Å². The predicted octanol–water partition coefficient (Wildman–Crippen LogP) is 2.16. The standard InChI is InChI=1S/C13H17BrN2O3/c1-16-7-9(14)6-10(16)11(17)15-8-13(12(18)19)4-2-3-5-13/h6-7H,2-5,8H2,1H3,(H,15,17)(H,18,19). The molecule has 0 spiro atoms. The molecule has 5 nitrogen and oxygen atoms in total. The summed E-state index contributed by atoms with van der Waals surface area (Å²) in [6.07, 6.45) is 4.89. The zero-order chi connectivity index (χ0) is 14.0. The van der Waals surface area contributed by atoms with Gasteiger partial charge in [0, 0.05) is 24.3 Å². The molecule has 104 valence electrons. The first-order chi connectivity index (χ1) is 8.94. The second-order valence-corrected chi connectivity index (χ2v) is 6.05. The molecule has 0 bridgehead atoms. The van der Waals surface area contributed by atoms with Crippen molar-refractivity contribution in [3.63, 3.8) is 0 Å². The zero-order valence-electron chi connectivity index (χ0n) is 10.8. The molecule has 1 aliphatic rings. The van der Waals surface area contributed by atoms with Gasteiger partial charge in [-0.15, -0.1) is 0 Å². The minimum absolute atomic E-state index is 0.198. The number of hydrogen-bond donors (Lipinski definition) is 2. The van der Waals surface area contributed by atoms with Crippen LogP contribution in [0.15, 0.2) is 16.7 Å². The van der Waals surface area contributed by atoms with Crippen LogP contribution in [-0.2, 0) is 11.8 Å². The van der Waals surface area contributed by atoms with Crippen LogP contribution in [0.1, 0.15) is 36.2 Å². The van der Waals surface area contributed by atoms with Gasteiger partial charge in [-0.2, -0.15) is 0 Å². The summed E-state index contributed by atoms with van der Waals surface area (Å²) in [4.78, 5) is 23.4. The fourth-order valence-electron chi connectivity index (χ4n) is 2.61. The Morgan fingerprint density at radius 3 is 2.58 bits per heavy atom. The lowest BCUT2D eigenvalue weighted by Gasteiger charge is -2.23. The first-order valence-electron chi connectivity index (χ1n) is 6.28. The molecule has 0 atom stereocenters. The maximum atomic E-state index is 12.1. The summed E-state index contributed by atoms with van der Waals surface area (Å²) in [5.74, 6) is -1.04. The highest BCUT2D eigenvalue weighted by Crippen LogP contribution is 2.37. The fourth-order valence-corrected chi connectivity index (χ4v) is 3.13. The number of nitrogens with zero attached hydrogens (tertiary/aromatic N) is 1. The number of rotatable bonds is 4. The van der Waals surface area contributed by atoms with Gasteiger partial charge in [-0.25, -0.2) is 0 Å². The quantitative estimate of drug-likeness (QED) is 0.889. The molecule has 1 aromatic heterocycles. The van der Waals surface area contributed by atoms with Crippen molar-refractivity contribution < 1.29 is 14.7 Å². The molecule has 0 radical (unpaired) electrons. The van der Waals surface area contributed by atoms with E-state index in [1.54, 1.807) is 23.9 Å². The van der Waals surface area contributed by atoms with Gasteiger partial charge in [0.05, 0.1) is 5.41 Å². The van der Waals surface area contributed by atoms with Gasteiger partial charge >= 0.3 is 5.97 Å². The van der Waals surface area contributed by atoms with Gasteiger partial charge in [-0.3, -0.25) is 9.59 Å². The van der Waals surface area contributed by atoms with Crippen molar-refractivity contribution in [1.82, 2.24) is 9.88 Å². The van der Waals surface area contributed by atoms with E-state index in [2.05, 4.69) is 21.2 Å². The van der Waals surface area contributed by atoms with Gasteiger partial charge in [0.25, 0.3) is 5.91 Å². The molecular weight excluding hydrogens is 312 g/mol. The molecule has 0 aliphatic heterocycles. The number of amides is 1. The van der Waals surface area contributed by atoms with Crippen molar-refractivity contribution >= 4 is 27.8 Å². The van der Waals surface area contributed by atoms with Gasteiger partial charge in [0.15, 0.2) is 0 Å². The molecule has 1 fully saturated rings. The Bertz CT molecular complexity index is 504. The Hall–Kier alpha value is -1.30. The fraction of sp³-hybridized carbons (Fsp3) is 0.538. The summed E-state index contributed by atoms with van der Waals surface area (Å²) in [7, 11) is 1.78. The van der Waals surface area contributed by atoms with E-state index in [4.69, 9.17) is 0 Å². The number of carbonyl (C=O) groups is 2. The van der Waals surface area contributed by atoms with Gasteiger partial charge in [-0.1, -0.05) is 12.8 Å². The number of hydrogen-bond acceptors (Lipinski definition) is 2. The van der Waals surface area contributed by atoms with Gasteiger partial charge < -0.3 is 15.0 Å².